The second-order valence-electron chi connectivity index (χ2n) is 11.6. The third-order valence-electron chi connectivity index (χ3n) is 8.98. The fourth-order valence-corrected chi connectivity index (χ4v) is 7.86. The molecule has 4 nitrogen and oxygen atoms in total. The molecule has 0 fully saturated rings. The lowest BCUT2D eigenvalue weighted by atomic mass is 9.83. The van der Waals surface area contributed by atoms with E-state index in [4.69, 9.17) is 4.99 Å². The van der Waals surface area contributed by atoms with Gasteiger partial charge in [0.2, 0.25) is 0 Å². The summed E-state index contributed by atoms with van der Waals surface area (Å²) in [4.78, 5) is 20.1. The Hall–Kier alpha value is -5.00. The SMILES string of the molecule is Cc1cc(/C=c2\sc3n(c2=O)[C@H](c2ccccc2)C2=C(N=3)c3ccccc3CC2)c(C)n1-c1ccc(-c2ccccc2)cc1. The average molecular weight is 590 g/mol. The highest BCUT2D eigenvalue weighted by molar-refractivity contribution is 7.07. The number of hydrogen-bond donors (Lipinski definition) is 0. The number of nitrogens with zero attached hydrogens (tertiary/aromatic N) is 3. The van der Waals surface area contributed by atoms with Crippen molar-refractivity contribution in [3.8, 4) is 16.8 Å². The van der Waals surface area contributed by atoms with Crippen molar-refractivity contribution in [2.24, 2.45) is 4.99 Å². The predicted molar refractivity (Wildman–Crippen MR) is 180 cm³/mol. The zero-order chi connectivity index (χ0) is 29.8. The van der Waals surface area contributed by atoms with Crippen LogP contribution in [0, 0.1) is 13.8 Å². The minimum absolute atomic E-state index is 0.0185. The molecule has 1 aliphatic carbocycles. The Morgan fingerprint density at radius 2 is 1.48 bits per heavy atom. The molecule has 44 heavy (non-hydrogen) atoms. The molecule has 8 rings (SSSR count). The van der Waals surface area contributed by atoms with Crippen LogP contribution in [0.3, 0.4) is 0 Å². The Kier molecular flexibility index (Phi) is 6.42. The van der Waals surface area contributed by atoms with Crippen LogP contribution in [-0.4, -0.2) is 9.13 Å². The fourth-order valence-electron chi connectivity index (χ4n) is 6.86. The highest BCUT2D eigenvalue weighted by Gasteiger charge is 2.32. The van der Waals surface area contributed by atoms with Gasteiger partial charge in [0.1, 0.15) is 0 Å². The topological polar surface area (TPSA) is 39.3 Å². The third-order valence-corrected chi connectivity index (χ3v) is 9.96. The molecular weight excluding hydrogens is 559 g/mol. The number of thiazole rings is 1. The van der Waals surface area contributed by atoms with Gasteiger partial charge in [-0.1, -0.05) is 108 Å². The van der Waals surface area contributed by atoms with Gasteiger partial charge in [-0.05, 0) is 84.4 Å². The Bertz CT molecular complexity index is 2250. The van der Waals surface area contributed by atoms with E-state index >= 15 is 0 Å². The first kappa shape index (κ1) is 26.6. The van der Waals surface area contributed by atoms with Gasteiger partial charge < -0.3 is 4.57 Å². The molecular formula is C39H31N3OS. The van der Waals surface area contributed by atoms with Crippen LogP contribution in [0.1, 0.15) is 46.1 Å². The van der Waals surface area contributed by atoms with Crippen molar-refractivity contribution in [2.75, 3.05) is 0 Å². The van der Waals surface area contributed by atoms with Gasteiger partial charge in [-0.25, -0.2) is 4.99 Å². The number of rotatable bonds is 4. The van der Waals surface area contributed by atoms with Crippen LogP contribution >= 0.6 is 11.3 Å². The minimum Gasteiger partial charge on any atom is -0.318 e. The van der Waals surface area contributed by atoms with Crippen LogP contribution in [0.15, 0.2) is 131 Å². The Morgan fingerprint density at radius 3 is 2.25 bits per heavy atom. The summed E-state index contributed by atoms with van der Waals surface area (Å²) in [5.74, 6) is 0. The molecule has 2 aromatic heterocycles. The van der Waals surface area contributed by atoms with Crippen LogP contribution in [0.5, 0.6) is 0 Å². The van der Waals surface area contributed by atoms with Crippen LogP contribution in [0.4, 0.5) is 0 Å². The summed E-state index contributed by atoms with van der Waals surface area (Å²) in [6.45, 7) is 4.25. The molecule has 0 bridgehead atoms. The molecule has 0 N–H and O–H groups in total. The Morgan fingerprint density at radius 1 is 0.795 bits per heavy atom. The van der Waals surface area contributed by atoms with E-state index in [1.165, 1.54) is 39.2 Å². The average Bonchev–Trinajstić information content (AvgIpc) is 3.53. The highest BCUT2D eigenvalue weighted by atomic mass is 32.1. The van der Waals surface area contributed by atoms with Gasteiger partial charge in [0.05, 0.1) is 16.3 Å². The largest absolute Gasteiger partial charge is 0.318 e. The van der Waals surface area contributed by atoms with Gasteiger partial charge in [0.15, 0.2) is 4.80 Å². The molecule has 6 aromatic rings. The lowest BCUT2D eigenvalue weighted by Crippen LogP contribution is -2.38. The van der Waals surface area contributed by atoms with Crippen LogP contribution in [0.25, 0.3) is 28.6 Å². The van der Waals surface area contributed by atoms with Crippen LogP contribution in [0.2, 0.25) is 0 Å². The fraction of sp³-hybridized carbons (Fsp3) is 0.128. The van der Waals surface area contributed by atoms with Gasteiger partial charge in [0.25, 0.3) is 5.56 Å². The second kappa shape index (κ2) is 10.6. The number of allylic oxidation sites excluding steroid dienone is 1. The van der Waals surface area contributed by atoms with Gasteiger partial charge in [0, 0.05) is 22.6 Å². The summed E-state index contributed by atoms with van der Waals surface area (Å²) in [7, 11) is 0. The summed E-state index contributed by atoms with van der Waals surface area (Å²) in [5, 5.41) is 0. The van der Waals surface area contributed by atoms with E-state index in [1.807, 2.05) is 16.7 Å². The third kappa shape index (κ3) is 4.35. The molecule has 214 valence electrons. The molecule has 4 aromatic carbocycles. The van der Waals surface area contributed by atoms with E-state index in [2.05, 4.69) is 128 Å². The first-order valence-corrected chi connectivity index (χ1v) is 15.9. The van der Waals surface area contributed by atoms with E-state index in [9.17, 15) is 4.79 Å². The van der Waals surface area contributed by atoms with E-state index < -0.39 is 0 Å². The Labute approximate surface area is 260 Å². The van der Waals surface area contributed by atoms with Crippen molar-refractivity contribution in [1.82, 2.24) is 9.13 Å². The van der Waals surface area contributed by atoms with Crippen molar-refractivity contribution in [1.29, 1.82) is 0 Å². The standard InChI is InChI=1S/C39H31N3OS/c1-25-23-31(26(2)41(25)32-20-17-28(18-21-32)27-11-5-3-6-12-27)24-35-38(43)42-37(30-14-7-4-8-15-30)34-22-19-29-13-9-10-16-33(29)36(34)40-39(42)44-35/h3-18,20-21,23-24,37H,19,22H2,1-2H3/b35-24-/t37-/m1/s1. The highest BCUT2D eigenvalue weighted by Crippen LogP contribution is 2.41. The molecule has 0 spiro atoms. The molecule has 3 heterocycles. The summed E-state index contributed by atoms with van der Waals surface area (Å²) >= 11 is 1.49. The molecule has 2 aliphatic rings. The monoisotopic (exact) mass is 589 g/mol. The van der Waals surface area contributed by atoms with Crippen LogP contribution in [-0.2, 0) is 6.42 Å². The van der Waals surface area contributed by atoms with E-state index in [1.54, 1.807) is 0 Å². The maximum Gasteiger partial charge on any atom is 0.271 e. The predicted octanol–water partition coefficient (Wildman–Crippen LogP) is 7.39. The second-order valence-corrected chi connectivity index (χ2v) is 12.6. The maximum atomic E-state index is 14.2. The minimum atomic E-state index is -0.159. The maximum absolute atomic E-state index is 14.2. The normalized spacial score (nSPS) is 15.9. The molecule has 0 unspecified atom stereocenters. The van der Waals surface area contributed by atoms with Gasteiger partial charge in [-0.3, -0.25) is 9.36 Å². The van der Waals surface area contributed by atoms with Crippen LogP contribution < -0.4 is 14.9 Å². The summed E-state index contributed by atoms with van der Waals surface area (Å²) in [6, 6.07) is 40.1. The van der Waals surface area contributed by atoms with E-state index in [0.717, 1.165) is 51.5 Å². The molecule has 5 heteroatoms. The lowest BCUT2D eigenvalue weighted by molar-refractivity contribution is 0.585. The Balaban J connectivity index is 1.25. The number of aromatic nitrogens is 2. The first-order chi connectivity index (χ1) is 21.6. The van der Waals surface area contributed by atoms with Crippen molar-refractivity contribution < 1.29 is 0 Å². The van der Waals surface area contributed by atoms with Crippen molar-refractivity contribution >= 4 is 23.1 Å². The van der Waals surface area contributed by atoms with Crippen molar-refractivity contribution in [2.45, 2.75) is 32.7 Å². The molecule has 0 saturated carbocycles. The zero-order valence-corrected chi connectivity index (χ0v) is 25.5. The molecule has 0 amide bonds. The number of benzene rings is 4. The van der Waals surface area contributed by atoms with E-state index in [0.29, 0.717) is 4.53 Å². The van der Waals surface area contributed by atoms with E-state index in [-0.39, 0.29) is 11.6 Å². The summed E-state index contributed by atoms with van der Waals surface area (Å²) in [6.07, 6.45) is 3.90. The molecule has 1 aliphatic heterocycles. The number of hydrogen-bond acceptors (Lipinski definition) is 3. The van der Waals surface area contributed by atoms with Crippen molar-refractivity contribution in [3.63, 3.8) is 0 Å². The summed E-state index contributed by atoms with van der Waals surface area (Å²) < 4.78 is 4.90. The lowest BCUT2D eigenvalue weighted by Gasteiger charge is -2.30. The molecule has 0 radical (unpaired) electrons. The summed E-state index contributed by atoms with van der Waals surface area (Å²) in [5.41, 5.74) is 12.7. The number of fused-ring (bicyclic) bond motifs is 3. The zero-order valence-electron chi connectivity index (χ0n) is 24.7. The van der Waals surface area contributed by atoms with Gasteiger partial charge in [-0.15, -0.1) is 0 Å². The quantitative estimate of drug-likeness (QED) is 0.211. The smallest absolute Gasteiger partial charge is 0.271 e. The van der Waals surface area contributed by atoms with Gasteiger partial charge >= 0.3 is 0 Å². The van der Waals surface area contributed by atoms with Gasteiger partial charge in [-0.2, -0.15) is 0 Å². The molecule has 0 saturated heterocycles. The molecule has 1 atom stereocenters. The first-order valence-electron chi connectivity index (χ1n) is 15.1. The van der Waals surface area contributed by atoms with Crippen molar-refractivity contribution in [3.05, 3.63) is 174 Å². The number of aryl methyl sites for hydroxylation is 2.